The second-order valence-electron chi connectivity index (χ2n) is 5.16. The zero-order valence-electron chi connectivity index (χ0n) is 13.2. The van der Waals surface area contributed by atoms with Crippen molar-refractivity contribution in [2.75, 3.05) is 12.4 Å². The summed E-state index contributed by atoms with van der Waals surface area (Å²) in [6, 6.07) is 9.07. The van der Waals surface area contributed by atoms with Gasteiger partial charge in [-0.15, -0.1) is 0 Å². The van der Waals surface area contributed by atoms with E-state index in [1.807, 2.05) is 19.9 Å². The predicted molar refractivity (Wildman–Crippen MR) is 88.0 cm³/mol. The first-order valence-corrected chi connectivity index (χ1v) is 7.06. The molecular weight excluding hydrogens is 290 g/mol. The van der Waals surface area contributed by atoms with E-state index >= 15 is 0 Å². The minimum absolute atomic E-state index is 0.322. The molecule has 6 nitrogen and oxygen atoms in total. The molecule has 1 heterocycles. The lowest BCUT2D eigenvalue weighted by Crippen LogP contribution is -2.25. The summed E-state index contributed by atoms with van der Waals surface area (Å²) in [5, 5.41) is 17.8. The summed E-state index contributed by atoms with van der Waals surface area (Å²) in [7, 11) is 1.54. The van der Waals surface area contributed by atoms with Gasteiger partial charge in [0, 0.05) is 24.1 Å². The first-order valence-electron chi connectivity index (χ1n) is 7.06. The fourth-order valence-electron chi connectivity index (χ4n) is 2.59. The number of urea groups is 1. The number of carbonyl (C=O) groups excluding carboxylic acids is 1. The summed E-state index contributed by atoms with van der Waals surface area (Å²) < 4.78 is 0. The highest BCUT2D eigenvalue weighted by Crippen LogP contribution is 2.38. The van der Waals surface area contributed by atoms with Crippen molar-refractivity contribution in [3.63, 3.8) is 0 Å². The van der Waals surface area contributed by atoms with Crippen LogP contribution in [0.1, 0.15) is 25.3 Å². The van der Waals surface area contributed by atoms with E-state index in [0.29, 0.717) is 17.0 Å². The molecule has 2 amide bonds. The average Bonchev–Trinajstić information content (AvgIpc) is 2.54. The Balaban J connectivity index is 2.51. The van der Waals surface area contributed by atoms with Gasteiger partial charge < -0.3 is 16.0 Å². The molecule has 1 atom stereocenters. The van der Waals surface area contributed by atoms with Gasteiger partial charge in [0.25, 0.3) is 0 Å². The maximum Gasteiger partial charge on any atom is 0.318 e. The Morgan fingerprint density at radius 3 is 2.74 bits per heavy atom. The first kappa shape index (κ1) is 16.1. The number of nitrogens with one attached hydrogen (secondary N) is 3. The van der Waals surface area contributed by atoms with Crippen LogP contribution in [0, 0.1) is 17.9 Å². The smallest absolute Gasteiger partial charge is 0.318 e. The van der Waals surface area contributed by atoms with E-state index in [9.17, 15) is 10.1 Å². The van der Waals surface area contributed by atoms with Crippen molar-refractivity contribution in [1.82, 2.24) is 10.6 Å². The summed E-state index contributed by atoms with van der Waals surface area (Å²) in [4.78, 5) is 15.1. The lowest BCUT2D eigenvalue weighted by atomic mass is 9.84. The maximum absolute atomic E-state index is 11.5. The summed E-state index contributed by atoms with van der Waals surface area (Å²) in [5.41, 5.74) is 3.89. The van der Waals surface area contributed by atoms with Crippen LogP contribution in [0.3, 0.4) is 0 Å². The molecule has 3 N–H and O–H groups in total. The van der Waals surface area contributed by atoms with Crippen molar-refractivity contribution in [1.29, 1.82) is 5.26 Å². The number of nitriles is 1. The van der Waals surface area contributed by atoms with Gasteiger partial charge in [-0.25, -0.2) is 9.64 Å². The number of benzene rings is 1. The highest BCUT2D eigenvalue weighted by molar-refractivity contribution is 5.89. The Hall–Kier alpha value is -3.25. The molecule has 1 aliphatic heterocycles. The number of dihydropyridines is 1. The molecule has 6 heteroatoms. The number of anilines is 1. The van der Waals surface area contributed by atoms with E-state index in [4.69, 9.17) is 6.57 Å². The van der Waals surface area contributed by atoms with Gasteiger partial charge in [-0.1, -0.05) is 12.1 Å². The number of hydrogen-bond acceptors (Lipinski definition) is 3. The number of nitrogens with zero attached hydrogens (tertiary/aromatic N) is 2. The van der Waals surface area contributed by atoms with Crippen LogP contribution in [-0.2, 0) is 0 Å². The van der Waals surface area contributed by atoms with Gasteiger partial charge in [0.1, 0.15) is 0 Å². The van der Waals surface area contributed by atoms with E-state index in [1.165, 1.54) is 7.05 Å². The number of hydrogen-bond donors (Lipinski definition) is 3. The second-order valence-corrected chi connectivity index (χ2v) is 5.16. The molecule has 1 aromatic rings. The van der Waals surface area contributed by atoms with E-state index in [2.05, 4.69) is 26.9 Å². The third-order valence-electron chi connectivity index (χ3n) is 3.67. The minimum atomic E-state index is -0.426. The van der Waals surface area contributed by atoms with Gasteiger partial charge in [0.2, 0.25) is 0 Å². The summed E-state index contributed by atoms with van der Waals surface area (Å²) in [6.45, 7) is 11.1. The molecule has 0 saturated heterocycles. The van der Waals surface area contributed by atoms with Crippen LogP contribution in [0.25, 0.3) is 4.85 Å². The van der Waals surface area contributed by atoms with Crippen LogP contribution in [0.2, 0.25) is 0 Å². The van der Waals surface area contributed by atoms with Crippen molar-refractivity contribution in [3.05, 3.63) is 63.9 Å². The minimum Gasteiger partial charge on any atom is -0.372 e. The molecule has 0 spiro atoms. The van der Waals surface area contributed by atoms with Crippen molar-refractivity contribution in [3.8, 4) is 6.07 Å². The highest BCUT2D eigenvalue weighted by Gasteiger charge is 2.30. The molecule has 1 aromatic carbocycles. The standard InChI is InChI=1S/C17H17N5O/c1-10-14(9-18)15(16(19-3)11(2)21-10)12-6-5-7-13(8-12)22-17(23)20-4/h5-8,15,21H,1-2,4H3,(H2,20,22,23). The van der Waals surface area contributed by atoms with Crippen LogP contribution in [0.4, 0.5) is 10.5 Å². The molecule has 0 aliphatic carbocycles. The van der Waals surface area contributed by atoms with Crippen LogP contribution in [-0.4, -0.2) is 13.1 Å². The van der Waals surface area contributed by atoms with Gasteiger partial charge in [0.05, 0.1) is 24.1 Å². The third-order valence-corrected chi connectivity index (χ3v) is 3.67. The van der Waals surface area contributed by atoms with E-state index < -0.39 is 5.92 Å². The Morgan fingerprint density at radius 2 is 2.13 bits per heavy atom. The summed E-state index contributed by atoms with van der Waals surface area (Å²) in [6.07, 6.45) is 0. The maximum atomic E-state index is 11.5. The largest absolute Gasteiger partial charge is 0.372 e. The molecule has 1 unspecified atom stereocenters. The molecule has 23 heavy (non-hydrogen) atoms. The average molecular weight is 307 g/mol. The van der Waals surface area contributed by atoms with E-state index in [0.717, 1.165) is 17.0 Å². The Labute approximate surface area is 135 Å². The first-order chi connectivity index (χ1) is 11.0. The monoisotopic (exact) mass is 307 g/mol. The van der Waals surface area contributed by atoms with E-state index in [1.54, 1.807) is 18.2 Å². The molecule has 0 fully saturated rings. The normalized spacial score (nSPS) is 17.0. The third kappa shape index (κ3) is 3.17. The SMILES string of the molecule is [C-]#[N+]C1=C(C)NC(C)=C(C#N)C1c1cccc(NC(=O)NC)c1. The van der Waals surface area contributed by atoms with Crippen LogP contribution in [0.5, 0.6) is 0 Å². The van der Waals surface area contributed by atoms with Gasteiger partial charge in [-0.3, -0.25) is 0 Å². The lowest BCUT2D eigenvalue weighted by molar-refractivity contribution is 0.254. The van der Waals surface area contributed by atoms with Gasteiger partial charge in [0.15, 0.2) is 5.70 Å². The molecule has 0 bridgehead atoms. The van der Waals surface area contributed by atoms with Gasteiger partial charge in [-0.2, -0.15) is 5.26 Å². The van der Waals surface area contributed by atoms with Crippen LogP contribution < -0.4 is 16.0 Å². The zero-order valence-corrected chi connectivity index (χ0v) is 13.2. The predicted octanol–water partition coefficient (Wildman–Crippen LogP) is 3.07. The molecule has 116 valence electrons. The molecule has 1 aliphatic rings. The van der Waals surface area contributed by atoms with Crippen molar-refractivity contribution in [2.24, 2.45) is 0 Å². The van der Waals surface area contributed by atoms with Crippen molar-refractivity contribution in [2.45, 2.75) is 19.8 Å². The highest BCUT2D eigenvalue weighted by atomic mass is 16.2. The molecule has 0 saturated carbocycles. The Morgan fingerprint density at radius 1 is 1.39 bits per heavy atom. The number of carbonyl (C=O) groups is 1. The van der Waals surface area contributed by atoms with Crippen LogP contribution in [0.15, 0.2) is 46.9 Å². The van der Waals surface area contributed by atoms with Gasteiger partial charge in [-0.05, 0) is 31.5 Å². The molecule has 0 radical (unpaired) electrons. The fraction of sp³-hybridized carbons (Fsp3) is 0.235. The molecular formula is C17H17N5O. The van der Waals surface area contributed by atoms with Crippen LogP contribution >= 0.6 is 0 Å². The summed E-state index contributed by atoms with van der Waals surface area (Å²) >= 11 is 0. The second kappa shape index (κ2) is 6.67. The van der Waals surface area contributed by atoms with E-state index in [-0.39, 0.29) is 6.03 Å². The molecule has 0 aromatic heterocycles. The van der Waals surface area contributed by atoms with Crippen molar-refractivity contribution >= 4 is 11.7 Å². The quantitative estimate of drug-likeness (QED) is 0.734. The van der Waals surface area contributed by atoms with Crippen molar-refractivity contribution < 1.29 is 4.79 Å². The number of allylic oxidation sites excluding steroid dienone is 3. The lowest BCUT2D eigenvalue weighted by Gasteiger charge is -2.26. The zero-order chi connectivity index (χ0) is 17.0. The Bertz CT molecular complexity index is 756. The molecule has 2 rings (SSSR count). The van der Waals surface area contributed by atoms with Gasteiger partial charge >= 0.3 is 6.03 Å². The topological polar surface area (TPSA) is 81.3 Å². The summed E-state index contributed by atoms with van der Waals surface area (Å²) in [5.74, 6) is -0.426. The number of amides is 2. The number of rotatable bonds is 2. The fourth-order valence-corrected chi connectivity index (χ4v) is 2.59. The Kier molecular flexibility index (Phi) is 4.68.